The van der Waals surface area contributed by atoms with Gasteiger partial charge in [-0.05, 0) is 19.4 Å². The molecule has 3 nitrogen and oxygen atoms in total. The number of nitrogens with zero attached hydrogens (tertiary/aromatic N) is 1. The van der Waals surface area contributed by atoms with Gasteiger partial charge in [0.15, 0.2) is 0 Å². The fraction of sp³-hybridized carbons (Fsp3) is 1.00. The van der Waals surface area contributed by atoms with Gasteiger partial charge in [0.1, 0.15) is 0 Å². The third kappa shape index (κ3) is 2.73. The van der Waals surface area contributed by atoms with Crippen LogP contribution in [0.15, 0.2) is 0 Å². The summed E-state index contributed by atoms with van der Waals surface area (Å²) in [6.45, 7) is 5.60. The monoisotopic (exact) mass is 172 g/mol. The van der Waals surface area contributed by atoms with Crippen LogP contribution in [0.5, 0.6) is 0 Å². The summed E-state index contributed by atoms with van der Waals surface area (Å²) in [5.41, 5.74) is 0. The van der Waals surface area contributed by atoms with Crippen LogP contribution in [-0.4, -0.2) is 49.3 Å². The van der Waals surface area contributed by atoms with E-state index in [4.69, 9.17) is 5.11 Å². The molecule has 0 amide bonds. The molecule has 2 unspecified atom stereocenters. The lowest BCUT2D eigenvalue weighted by molar-refractivity contribution is 0.125. The predicted molar refractivity (Wildman–Crippen MR) is 50.2 cm³/mol. The molecule has 12 heavy (non-hydrogen) atoms. The molecule has 0 aromatic carbocycles. The van der Waals surface area contributed by atoms with Gasteiger partial charge in [-0.3, -0.25) is 4.90 Å². The van der Waals surface area contributed by atoms with E-state index in [-0.39, 0.29) is 6.61 Å². The molecule has 0 aromatic rings. The maximum absolute atomic E-state index is 8.80. The highest BCUT2D eigenvalue weighted by atomic mass is 16.3. The molecule has 2 atom stereocenters. The zero-order valence-corrected chi connectivity index (χ0v) is 8.08. The Morgan fingerprint density at radius 1 is 1.50 bits per heavy atom. The first-order valence-corrected chi connectivity index (χ1v) is 4.76. The number of aliphatic hydroxyl groups excluding tert-OH is 1. The van der Waals surface area contributed by atoms with Gasteiger partial charge in [0.05, 0.1) is 6.61 Å². The van der Waals surface area contributed by atoms with Crippen LogP contribution in [0, 0.1) is 5.92 Å². The molecule has 3 heteroatoms. The van der Waals surface area contributed by atoms with Crippen LogP contribution in [0.4, 0.5) is 0 Å². The van der Waals surface area contributed by atoms with Gasteiger partial charge in [-0.2, -0.15) is 0 Å². The summed E-state index contributed by atoms with van der Waals surface area (Å²) in [7, 11) is 2.01. The van der Waals surface area contributed by atoms with Gasteiger partial charge in [-0.25, -0.2) is 0 Å². The van der Waals surface area contributed by atoms with Crippen molar-refractivity contribution in [3.63, 3.8) is 0 Å². The van der Waals surface area contributed by atoms with E-state index in [1.807, 2.05) is 7.05 Å². The smallest absolute Gasteiger partial charge is 0.0558 e. The van der Waals surface area contributed by atoms with E-state index in [2.05, 4.69) is 17.1 Å². The molecule has 1 aliphatic heterocycles. The van der Waals surface area contributed by atoms with E-state index in [9.17, 15) is 0 Å². The first kappa shape index (κ1) is 9.96. The lowest BCUT2D eigenvalue weighted by Crippen LogP contribution is -2.48. The molecule has 1 aliphatic rings. The van der Waals surface area contributed by atoms with E-state index in [0.717, 1.165) is 25.6 Å². The minimum Gasteiger partial charge on any atom is -0.395 e. The molecule has 1 saturated heterocycles. The molecular formula is C9H20N2O. The standard InChI is InChI=1S/C9H20N2O/c1-8-5-9(10-2)7-11(6-8)3-4-12/h8-10,12H,3-7H2,1-2H3. The minimum absolute atomic E-state index is 0.281. The number of likely N-dealkylation sites (N-methyl/N-ethyl adjacent to an activating group) is 1. The molecule has 0 aliphatic carbocycles. The average Bonchev–Trinajstić information content (AvgIpc) is 2.04. The zero-order chi connectivity index (χ0) is 8.97. The van der Waals surface area contributed by atoms with Crippen molar-refractivity contribution in [2.45, 2.75) is 19.4 Å². The number of β-amino-alcohol motifs (C(OH)–C–C–N with tert-alkyl or cyclic N) is 1. The topological polar surface area (TPSA) is 35.5 Å². The molecule has 1 heterocycles. The maximum Gasteiger partial charge on any atom is 0.0558 e. The Balaban J connectivity index is 2.34. The van der Waals surface area contributed by atoms with Crippen molar-refractivity contribution in [3.8, 4) is 0 Å². The molecule has 0 saturated carbocycles. The average molecular weight is 172 g/mol. The number of likely N-dealkylation sites (tertiary alicyclic amines) is 1. The van der Waals surface area contributed by atoms with Crippen molar-refractivity contribution in [2.24, 2.45) is 5.92 Å². The van der Waals surface area contributed by atoms with Crippen molar-refractivity contribution in [1.29, 1.82) is 0 Å². The quantitative estimate of drug-likeness (QED) is 0.624. The second-order valence-electron chi connectivity index (χ2n) is 3.81. The van der Waals surface area contributed by atoms with Gasteiger partial charge in [0.25, 0.3) is 0 Å². The van der Waals surface area contributed by atoms with Crippen molar-refractivity contribution < 1.29 is 5.11 Å². The number of piperidine rings is 1. The Labute approximate surface area is 74.8 Å². The van der Waals surface area contributed by atoms with Crippen molar-refractivity contribution in [3.05, 3.63) is 0 Å². The van der Waals surface area contributed by atoms with Gasteiger partial charge in [0.2, 0.25) is 0 Å². The molecule has 1 rings (SSSR count). The Kier molecular flexibility index (Phi) is 3.98. The summed E-state index contributed by atoms with van der Waals surface area (Å²) >= 11 is 0. The van der Waals surface area contributed by atoms with Crippen molar-refractivity contribution in [1.82, 2.24) is 10.2 Å². The summed E-state index contributed by atoms with van der Waals surface area (Å²) in [6, 6.07) is 0.611. The lowest BCUT2D eigenvalue weighted by atomic mass is 9.96. The third-order valence-electron chi connectivity index (χ3n) is 2.56. The number of hydrogen-bond donors (Lipinski definition) is 2. The normalized spacial score (nSPS) is 32.2. The van der Waals surface area contributed by atoms with Crippen LogP contribution in [0.25, 0.3) is 0 Å². The first-order chi connectivity index (χ1) is 5.76. The summed E-state index contributed by atoms with van der Waals surface area (Å²) in [5, 5.41) is 12.1. The summed E-state index contributed by atoms with van der Waals surface area (Å²) in [4.78, 5) is 2.33. The number of rotatable bonds is 3. The van der Waals surface area contributed by atoms with Crippen LogP contribution in [-0.2, 0) is 0 Å². The van der Waals surface area contributed by atoms with E-state index in [1.54, 1.807) is 0 Å². The van der Waals surface area contributed by atoms with E-state index >= 15 is 0 Å². The largest absolute Gasteiger partial charge is 0.395 e. The number of nitrogens with one attached hydrogen (secondary N) is 1. The molecule has 0 radical (unpaired) electrons. The Morgan fingerprint density at radius 3 is 2.83 bits per heavy atom. The number of hydrogen-bond acceptors (Lipinski definition) is 3. The Morgan fingerprint density at radius 2 is 2.25 bits per heavy atom. The highest BCUT2D eigenvalue weighted by Gasteiger charge is 2.22. The summed E-state index contributed by atoms with van der Waals surface area (Å²) < 4.78 is 0. The van der Waals surface area contributed by atoms with Crippen LogP contribution < -0.4 is 5.32 Å². The molecule has 72 valence electrons. The number of aliphatic hydroxyl groups is 1. The highest BCUT2D eigenvalue weighted by molar-refractivity contribution is 4.80. The van der Waals surface area contributed by atoms with Crippen LogP contribution >= 0.6 is 0 Å². The third-order valence-corrected chi connectivity index (χ3v) is 2.56. The van der Waals surface area contributed by atoms with Gasteiger partial charge >= 0.3 is 0 Å². The zero-order valence-electron chi connectivity index (χ0n) is 8.08. The second kappa shape index (κ2) is 4.80. The molecule has 1 fully saturated rings. The minimum atomic E-state index is 0.281. The van der Waals surface area contributed by atoms with Crippen LogP contribution in [0.1, 0.15) is 13.3 Å². The van der Waals surface area contributed by atoms with Crippen LogP contribution in [0.3, 0.4) is 0 Å². The van der Waals surface area contributed by atoms with Gasteiger partial charge in [-0.15, -0.1) is 0 Å². The van der Waals surface area contributed by atoms with E-state index in [1.165, 1.54) is 6.42 Å². The van der Waals surface area contributed by atoms with Gasteiger partial charge in [-0.1, -0.05) is 6.92 Å². The van der Waals surface area contributed by atoms with E-state index in [0.29, 0.717) is 6.04 Å². The fourth-order valence-corrected chi connectivity index (χ4v) is 1.99. The molecular weight excluding hydrogens is 152 g/mol. The first-order valence-electron chi connectivity index (χ1n) is 4.76. The van der Waals surface area contributed by atoms with Crippen molar-refractivity contribution >= 4 is 0 Å². The SMILES string of the molecule is CNC1CC(C)CN(CCO)C1. The highest BCUT2D eigenvalue weighted by Crippen LogP contribution is 2.15. The van der Waals surface area contributed by atoms with Crippen LogP contribution in [0.2, 0.25) is 0 Å². The molecule has 0 aromatic heterocycles. The van der Waals surface area contributed by atoms with Crippen molar-refractivity contribution in [2.75, 3.05) is 33.3 Å². The lowest BCUT2D eigenvalue weighted by Gasteiger charge is -2.35. The summed E-state index contributed by atoms with van der Waals surface area (Å²) in [5.74, 6) is 0.753. The summed E-state index contributed by atoms with van der Waals surface area (Å²) in [6.07, 6.45) is 1.26. The Bertz CT molecular complexity index is 130. The predicted octanol–water partition coefficient (Wildman–Crippen LogP) is -0.0915. The molecule has 0 bridgehead atoms. The van der Waals surface area contributed by atoms with Gasteiger partial charge < -0.3 is 10.4 Å². The fourth-order valence-electron chi connectivity index (χ4n) is 1.99. The maximum atomic E-state index is 8.80. The molecule has 0 spiro atoms. The molecule has 2 N–H and O–H groups in total. The second-order valence-corrected chi connectivity index (χ2v) is 3.81. The van der Waals surface area contributed by atoms with Gasteiger partial charge in [0, 0.05) is 25.7 Å². The van der Waals surface area contributed by atoms with E-state index < -0.39 is 0 Å². The Hall–Kier alpha value is -0.120.